The molecule has 0 radical (unpaired) electrons. The lowest BCUT2D eigenvalue weighted by Crippen LogP contribution is -2.27. The first-order valence-electron chi connectivity index (χ1n) is 5.26. The summed E-state index contributed by atoms with van der Waals surface area (Å²) in [6.45, 7) is 2.63. The van der Waals surface area contributed by atoms with Crippen molar-refractivity contribution < 1.29 is 9.53 Å². The van der Waals surface area contributed by atoms with Gasteiger partial charge < -0.3 is 15.8 Å². The average Bonchev–Trinajstić information content (AvgIpc) is 2.31. The van der Waals surface area contributed by atoms with Crippen LogP contribution >= 0.6 is 12.4 Å². The minimum absolute atomic E-state index is 0. The molecule has 96 valence electrons. The summed E-state index contributed by atoms with van der Waals surface area (Å²) in [6, 6.07) is 7.57. The van der Waals surface area contributed by atoms with Gasteiger partial charge in [-0.2, -0.15) is 0 Å². The van der Waals surface area contributed by atoms with Crippen molar-refractivity contribution >= 4 is 24.0 Å². The first-order chi connectivity index (χ1) is 7.69. The van der Waals surface area contributed by atoms with Crippen LogP contribution in [-0.4, -0.2) is 19.6 Å². The lowest BCUT2D eigenvalue weighted by molar-refractivity contribution is -0.119. The van der Waals surface area contributed by atoms with E-state index in [9.17, 15) is 4.79 Å². The number of methoxy groups -OCH3 is 1. The summed E-state index contributed by atoms with van der Waals surface area (Å²) in [5.74, 6) is -0.248. The molecule has 1 aromatic carbocycles. The molecule has 3 N–H and O–H groups in total. The molecule has 0 spiro atoms. The summed E-state index contributed by atoms with van der Waals surface area (Å²) >= 11 is 0. The highest BCUT2D eigenvalue weighted by Crippen LogP contribution is 2.16. The Morgan fingerprint density at radius 3 is 2.71 bits per heavy atom. The summed E-state index contributed by atoms with van der Waals surface area (Å²) in [7, 11) is 1.63. The maximum Gasteiger partial charge on any atom is 0.228 e. The Bertz CT molecular complexity index is 358. The molecule has 17 heavy (non-hydrogen) atoms. The molecule has 1 amide bonds. The van der Waals surface area contributed by atoms with Gasteiger partial charge in [0.2, 0.25) is 5.91 Å². The maximum atomic E-state index is 11.7. The smallest absolute Gasteiger partial charge is 0.228 e. The molecule has 0 aliphatic rings. The Morgan fingerprint density at radius 1 is 1.47 bits per heavy atom. The lowest BCUT2D eigenvalue weighted by Gasteiger charge is -2.13. The number of hydrogen-bond donors (Lipinski definition) is 2. The van der Waals surface area contributed by atoms with Crippen molar-refractivity contribution in [3.05, 3.63) is 29.8 Å². The molecule has 0 heterocycles. The zero-order valence-corrected chi connectivity index (χ0v) is 10.9. The van der Waals surface area contributed by atoms with E-state index in [0.29, 0.717) is 13.2 Å². The molecule has 0 saturated carbocycles. The van der Waals surface area contributed by atoms with E-state index < -0.39 is 0 Å². The Labute approximate surface area is 108 Å². The molecule has 0 aromatic heterocycles. The fraction of sp³-hybridized carbons (Fsp3) is 0.417. The second-order valence-corrected chi connectivity index (χ2v) is 3.72. The second kappa shape index (κ2) is 8.06. The highest BCUT2D eigenvalue weighted by atomic mass is 35.5. The Balaban J connectivity index is 0.00000256. The molecular formula is C12H19ClN2O2. The van der Waals surface area contributed by atoms with E-state index in [2.05, 4.69) is 5.32 Å². The third-order valence-corrected chi connectivity index (χ3v) is 2.38. The summed E-state index contributed by atoms with van der Waals surface area (Å²) < 4.78 is 5.06. The first-order valence-corrected chi connectivity index (χ1v) is 5.26. The molecule has 1 aromatic rings. The van der Waals surface area contributed by atoms with Crippen molar-refractivity contribution in [2.24, 2.45) is 11.7 Å². The van der Waals surface area contributed by atoms with E-state index >= 15 is 0 Å². The van der Waals surface area contributed by atoms with Gasteiger partial charge in [0.15, 0.2) is 0 Å². The number of ether oxygens (including phenoxy) is 1. The van der Waals surface area contributed by atoms with Gasteiger partial charge in [-0.1, -0.05) is 25.1 Å². The zero-order chi connectivity index (χ0) is 12.0. The Morgan fingerprint density at radius 2 is 2.12 bits per heavy atom. The van der Waals surface area contributed by atoms with Gasteiger partial charge in [-0.3, -0.25) is 4.79 Å². The largest absolute Gasteiger partial charge is 0.380 e. The minimum Gasteiger partial charge on any atom is -0.380 e. The average molecular weight is 259 g/mol. The predicted octanol–water partition coefficient (Wildman–Crippen LogP) is 1.79. The molecule has 0 bridgehead atoms. The van der Waals surface area contributed by atoms with Gasteiger partial charge in [0.25, 0.3) is 0 Å². The number of carbonyl (C=O) groups is 1. The van der Waals surface area contributed by atoms with Gasteiger partial charge in [-0.25, -0.2) is 0 Å². The second-order valence-electron chi connectivity index (χ2n) is 3.72. The fourth-order valence-electron chi connectivity index (χ4n) is 1.29. The van der Waals surface area contributed by atoms with Crippen LogP contribution in [0.25, 0.3) is 0 Å². The number of anilines is 1. The zero-order valence-electron chi connectivity index (χ0n) is 10.1. The topological polar surface area (TPSA) is 64.3 Å². The van der Waals surface area contributed by atoms with Crippen molar-refractivity contribution in [1.29, 1.82) is 0 Å². The number of rotatable bonds is 5. The van der Waals surface area contributed by atoms with Crippen LogP contribution in [0.3, 0.4) is 0 Å². The van der Waals surface area contributed by atoms with Gasteiger partial charge in [0.05, 0.1) is 6.61 Å². The number of para-hydroxylation sites is 1. The SMILES string of the molecule is COCc1ccccc1NC(=O)C(C)CN.Cl. The Hall–Kier alpha value is -1.10. The lowest BCUT2D eigenvalue weighted by atomic mass is 10.1. The van der Waals surface area contributed by atoms with Gasteiger partial charge in [0, 0.05) is 30.8 Å². The van der Waals surface area contributed by atoms with Gasteiger partial charge >= 0.3 is 0 Å². The fourth-order valence-corrected chi connectivity index (χ4v) is 1.29. The van der Waals surface area contributed by atoms with E-state index in [1.807, 2.05) is 24.3 Å². The predicted molar refractivity (Wildman–Crippen MR) is 71.3 cm³/mol. The molecule has 5 heteroatoms. The van der Waals surface area contributed by atoms with Crippen molar-refractivity contribution in [2.45, 2.75) is 13.5 Å². The molecule has 0 aliphatic carbocycles. The van der Waals surface area contributed by atoms with Crippen molar-refractivity contribution in [2.75, 3.05) is 19.0 Å². The third-order valence-electron chi connectivity index (χ3n) is 2.38. The first kappa shape index (κ1) is 15.9. The highest BCUT2D eigenvalue weighted by Gasteiger charge is 2.12. The molecule has 0 fully saturated rings. The minimum atomic E-state index is -0.185. The normalized spacial score (nSPS) is 11.5. The quantitative estimate of drug-likeness (QED) is 0.846. The molecule has 0 saturated heterocycles. The van der Waals surface area contributed by atoms with Crippen LogP contribution in [0.4, 0.5) is 5.69 Å². The van der Waals surface area contributed by atoms with E-state index in [-0.39, 0.29) is 24.2 Å². The molecular weight excluding hydrogens is 240 g/mol. The standard InChI is InChI=1S/C12H18N2O2.ClH/c1-9(7-13)12(15)14-11-6-4-3-5-10(11)8-16-2;/h3-6,9H,7-8,13H2,1-2H3,(H,14,15);1H. The maximum absolute atomic E-state index is 11.7. The molecule has 1 rings (SSSR count). The summed E-state index contributed by atoms with van der Waals surface area (Å²) in [6.07, 6.45) is 0. The monoisotopic (exact) mass is 258 g/mol. The summed E-state index contributed by atoms with van der Waals surface area (Å²) in [4.78, 5) is 11.7. The molecule has 4 nitrogen and oxygen atoms in total. The molecule has 1 atom stereocenters. The summed E-state index contributed by atoms with van der Waals surface area (Å²) in [5, 5.41) is 2.85. The number of benzene rings is 1. The Kier molecular flexibility index (Phi) is 7.54. The van der Waals surface area contributed by atoms with Crippen molar-refractivity contribution in [3.63, 3.8) is 0 Å². The molecule has 0 aliphatic heterocycles. The van der Waals surface area contributed by atoms with Gasteiger partial charge in [0.1, 0.15) is 0 Å². The van der Waals surface area contributed by atoms with Gasteiger partial charge in [-0.05, 0) is 6.07 Å². The van der Waals surface area contributed by atoms with Gasteiger partial charge in [-0.15, -0.1) is 12.4 Å². The van der Waals surface area contributed by atoms with E-state index in [4.69, 9.17) is 10.5 Å². The van der Waals surface area contributed by atoms with Crippen LogP contribution in [0.1, 0.15) is 12.5 Å². The van der Waals surface area contributed by atoms with Crippen LogP contribution in [0, 0.1) is 5.92 Å². The van der Waals surface area contributed by atoms with Crippen LogP contribution in [0.15, 0.2) is 24.3 Å². The third kappa shape index (κ3) is 4.73. The number of carbonyl (C=O) groups excluding carboxylic acids is 1. The number of nitrogens with two attached hydrogens (primary N) is 1. The molecule has 1 unspecified atom stereocenters. The van der Waals surface area contributed by atoms with E-state index in [1.54, 1.807) is 14.0 Å². The van der Waals surface area contributed by atoms with E-state index in [0.717, 1.165) is 11.3 Å². The number of amides is 1. The number of hydrogen-bond acceptors (Lipinski definition) is 3. The van der Waals surface area contributed by atoms with Crippen molar-refractivity contribution in [3.8, 4) is 0 Å². The summed E-state index contributed by atoms with van der Waals surface area (Å²) in [5.41, 5.74) is 7.19. The van der Waals surface area contributed by atoms with Crippen LogP contribution in [0.2, 0.25) is 0 Å². The van der Waals surface area contributed by atoms with E-state index in [1.165, 1.54) is 0 Å². The van der Waals surface area contributed by atoms with Crippen molar-refractivity contribution in [1.82, 2.24) is 0 Å². The number of halogens is 1. The number of nitrogens with one attached hydrogen (secondary N) is 1. The van der Waals surface area contributed by atoms with Crippen LogP contribution < -0.4 is 11.1 Å². The van der Waals surface area contributed by atoms with Crippen LogP contribution in [0.5, 0.6) is 0 Å². The van der Waals surface area contributed by atoms with Crippen LogP contribution in [-0.2, 0) is 16.1 Å². The highest BCUT2D eigenvalue weighted by molar-refractivity contribution is 5.93.